The lowest BCUT2D eigenvalue weighted by molar-refractivity contribution is 0.419. The van der Waals surface area contributed by atoms with Crippen LogP contribution in [0.4, 0.5) is 0 Å². The van der Waals surface area contributed by atoms with Crippen LogP contribution in [0.5, 0.6) is 0 Å². The molecule has 0 aromatic rings. The fourth-order valence-corrected chi connectivity index (χ4v) is 7.58. The molecule has 0 saturated carbocycles. The van der Waals surface area contributed by atoms with E-state index in [0.29, 0.717) is 0 Å². The standard InChI is InChI=1S/C9H24OSi2/c1-7-8-9-11(3,4)12(5,6)10-2/h7-9H2,1-6H3. The minimum absolute atomic E-state index is 1.04. The van der Waals surface area contributed by atoms with E-state index in [1.807, 2.05) is 7.11 Å². The molecule has 0 saturated heterocycles. The van der Waals surface area contributed by atoms with Crippen molar-refractivity contribution in [2.75, 3.05) is 7.11 Å². The van der Waals surface area contributed by atoms with Crippen molar-refractivity contribution in [1.82, 2.24) is 0 Å². The topological polar surface area (TPSA) is 9.23 Å². The number of unbranched alkanes of at least 4 members (excludes halogenated alkanes) is 1. The summed E-state index contributed by atoms with van der Waals surface area (Å²) < 4.78 is 5.70. The van der Waals surface area contributed by atoms with Crippen LogP contribution in [-0.4, -0.2) is 22.5 Å². The maximum Gasteiger partial charge on any atom is 0.173 e. The molecule has 0 aliphatic heterocycles. The lowest BCUT2D eigenvalue weighted by Crippen LogP contribution is -2.56. The first-order chi connectivity index (χ1) is 5.37. The fourth-order valence-electron chi connectivity index (χ4n) is 1.20. The molecule has 0 atom stereocenters. The van der Waals surface area contributed by atoms with Crippen molar-refractivity contribution in [3.63, 3.8) is 0 Å². The van der Waals surface area contributed by atoms with Gasteiger partial charge in [0, 0.05) is 7.11 Å². The summed E-state index contributed by atoms with van der Waals surface area (Å²) in [6, 6.07) is 1.44. The average molecular weight is 204 g/mol. The largest absolute Gasteiger partial charge is 0.423 e. The molecule has 0 amide bonds. The highest BCUT2D eigenvalue weighted by molar-refractivity contribution is 7.38. The molecule has 3 heteroatoms. The molecule has 74 valence electrons. The third-order valence-corrected chi connectivity index (χ3v) is 20.3. The van der Waals surface area contributed by atoms with Crippen molar-refractivity contribution >= 4 is 15.4 Å². The first kappa shape index (κ1) is 12.4. The third-order valence-electron chi connectivity index (χ3n) is 3.30. The van der Waals surface area contributed by atoms with E-state index < -0.39 is 15.4 Å². The highest BCUT2D eigenvalue weighted by Crippen LogP contribution is 2.25. The van der Waals surface area contributed by atoms with Crippen LogP contribution >= 0.6 is 0 Å². The zero-order valence-corrected chi connectivity index (χ0v) is 11.5. The van der Waals surface area contributed by atoms with Gasteiger partial charge in [0.1, 0.15) is 0 Å². The summed E-state index contributed by atoms with van der Waals surface area (Å²) in [6.07, 6.45) is 2.71. The van der Waals surface area contributed by atoms with Crippen molar-refractivity contribution in [3.8, 4) is 0 Å². The van der Waals surface area contributed by atoms with E-state index in [-0.39, 0.29) is 0 Å². The van der Waals surface area contributed by atoms with Gasteiger partial charge in [-0.1, -0.05) is 38.9 Å². The quantitative estimate of drug-likeness (QED) is 0.624. The van der Waals surface area contributed by atoms with Gasteiger partial charge in [0.2, 0.25) is 0 Å². The van der Waals surface area contributed by atoms with Crippen LogP contribution in [0.3, 0.4) is 0 Å². The smallest absolute Gasteiger partial charge is 0.173 e. The molecule has 0 aromatic carbocycles. The lowest BCUT2D eigenvalue weighted by Gasteiger charge is -2.36. The molecule has 0 unspecified atom stereocenters. The number of rotatable bonds is 5. The zero-order valence-electron chi connectivity index (χ0n) is 9.53. The lowest BCUT2D eigenvalue weighted by atomic mass is 10.4. The van der Waals surface area contributed by atoms with Gasteiger partial charge < -0.3 is 4.43 Å². The van der Waals surface area contributed by atoms with Gasteiger partial charge in [-0.2, -0.15) is 0 Å². The molecule has 1 nitrogen and oxygen atoms in total. The highest BCUT2D eigenvalue weighted by atomic mass is 29.3. The molecular formula is C9H24OSi2. The van der Waals surface area contributed by atoms with Gasteiger partial charge in [0.25, 0.3) is 0 Å². The summed E-state index contributed by atoms with van der Waals surface area (Å²) in [5, 5.41) is 0. The zero-order chi connectivity index (χ0) is 9.83. The number of hydrogen-bond donors (Lipinski definition) is 0. The van der Waals surface area contributed by atoms with Crippen LogP contribution in [-0.2, 0) is 4.43 Å². The Kier molecular flexibility index (Phi) is 4.73. The average Bonchev–Trinajstić information content (AvgIpc) is 2.00. The van der Waals surface area contributed by atoms with Crippen LogP contribution in [0, 0.1) is 0 Å². The van der Waals surface area contributed by atoms with Crippen molar-refractivity contribution < 1.29 is 4.43 Å². The minimum atomic E-state index is -1.30. The Hall–Kier alpha value is 0.394. The van der Waals surface area contributed by atoms with Gasteiger partial charge in [0.05, 0.1) is 7.59 Å². The van der Waals surface area contributed by atoms with E-state index in [4.69, 9.17) is 4.43 Å². The summed E-state index contributed by atoms with van der Waals surface area (Å²) in [5.41, 5.74) is 0. The van der Waals surface area contributed by atoms with Crippen molar-refractivity contribution in [2.45, 2.75) is 52.0 Å². The summed E-state index contributed by atoms with van der Waals surface area (Å²) in [6.45, 7) is 12.0. The van der Waals surface area contributed by atoms with Gasteiger partial charge in [0.15, 0.2) is 7.83 Å². The maximum absolute atomic E-state index is 5.70. The minimum Gasteiger partial charge on any atom is -0.423 e. The first-order valence-electron chi connectivity index (χ1n) is 4.92. The van der Waals surface area contributed by atoms with Gasteiger partial charge in [-0.15, -0.1) is 0 Å². The van der Waals surface area contributed by atoms with Gasteiger partial charge in [-0.25, -0.2) is 0 Å². The molecule has 0 N–H and O–H groups in total. The van der Waals surface area contributed by atoms with Crippen LogP contribution in [0.25, 0.3) is 0 Å². The Morgan fingerprint density at radius 2 is 1.58 bits per heavy atom. The van der Waals surface area contributed by atoms with Gasteiger partial charge in [-0.05, 0) is 13.1 Å². The van der Waals surface area contributed by atoms with E-state index in [2.05, 4.69) is 33.1 Å². The van der Waals surface area contributed by atoms with Crippen molar-refractivity contribution in [1.29, 1.82) is 0 Å². The predicted octanol–water partition coefficient (Wildman–Crippen LogP) is 3.42. The van der Waals surface area contributed by atoms with Crippen LogP contribution < -0.4 is 0 Å². The second-order valence-corrected chi connectivity index (χ2v) is 20.1. The van der Waals surface area contributed by atoms with Crippen LogP contribution in [0.1, 0.15) is 19.8 Å². The second-order valence-electron chi connectivity index (χ2n) is 4.70. The van der Waals surface area contributed by atoms with E-state index >= 15 is 0 Å². The second kappa shape index (κ2) is 4.58. The Labute approximate surface area is 79.4 Å². The fraction of sp³-hybridized carbons (Fsp3) is 1.00. The molecule has 0 rings (SSSR count). The summed E-state index contributed by atoms with van der Waals surface area (Å²) in [7, 11) is -0.443. The van der Waals surface area contributed by atoms with Crippen LogP contribution in [0.15, 0.2) is 0 Å². The van der Waals surface area contributed by atoms with E-state index in [1.165, 1.54) is 18.9 Å². The molecule has 0 aliphatic carbocycles. The Morgan fingerprint density at radius 1 is 1.08 bits per heavy atom. The maximum atomic E-state index is 5.70. The van der Waals surface area contributed by atoms with Crippen LogP contribution in [0.2, 0.25) is 32.2 Å². The summed E-state index contributed by atoms with van der Waals surface area (Å²) >= 11 is 0. The van der Waals surface area contributed by atoms with E-state index in [0.717, 1.165) is 0 Å². The Balaban J connectivity index is 4.17. The molecular weight excluding hydrogens is 180 g/mol. The van der Waals surface area contributed by atoms with Gasteiger partial charge >= 0.3 is 0 Å². The molecule has 0 bridgehead atoms. The van der Waals surface area contributed by atoms with E-state index in [1.54, 1.807) is 0 Å². The third kappa shape index (κ3) is 3.03. The predicted molar refractivity (Wildman–Crippen MR) is 61.7 cm³/mol. The molecule has 12 heavy (non-hydrogen) atoms. The van der Waals surface area contributed by atoms with Crippen molar-refractivity contribution in [3.05, 3.63) is 0 Å². The number of hydrogen-bond acceptors (Lipinski definition) is 1. The normalized spacial score (nSPS) is 13.5. The SMILES string of the molecule is CCCC[Si](C)(C)[Si](C)(C)OC. The van der Waals surface area contributed by atoms with Gasteiger partial charge in [-0.3, -0.25) is 0 Å². The van der Waals surface area contributed by atoms with E-state index in [9.17, 15) is 0 Å². The molecule has 0 spiro atoms. The summed E-state index contributed by atoms with van der Waals surface area (Å²) in [4.78, 5) is 0. The Morgan fingerprint density at radius 3 is 1.92 bits per heavy atom. The monoisotopic (exact) mass is 204 g/mol. The molecule has 0 heterocycles. The Bertz CT molecular complexity index is 132. The highest BCUT2D eigenvalue weighted by Gasteiger charge is 2.41. The molecule has 0 aromatic heterocycles. The molecule has 0 fully saturated rings. The summed E-state index contributed by atoms with van der Waals surface area (Å²) in [5.74, 6) is 0. The first-order valence-corrected chi connectivity index (χ1v) is 12.0. The van der Waals surface area contributed by atoms with Crippen molar-refractivity contribution in [2.24, 2.45) is 0 Å². The molecule has 0 radical (unpaired) electrons. The molecule has 0 aliphatic rings.